The Morgan fingerprint density at radius 2 is 1.80 bits per heavy atom. The lowest BCUT2D eigenvalue weighted by Crippen LogP contribution is -2.40. The molecule has 1 aliphatic rings. The molecule has 3 N–H and O–H groups in total. The summed E-state index contributed by atoms with van der Waals surface area (Å²) >= 11 is 0. The largest absolute Gasteiger partial charge is 0.396 e. The Kier molecular flexibility index (Phi) is 6.98. The van der Waals surface area contributed by atoms with Gasteiger partial charge in [-0.05, 0) is 44.6 Å². The molecule has 2 unspecified atom stereocenters. The molecule has 2 atom stereocenters. The summed E-state index contributed by atoms with van der Waals surface area (Å²) in [7, 11) is 0. The average molecular weight is 215 g/mol. The van der Waals surface area contributed by atoms with Crippen LogP contribution in [-0.4, -0.2) is 36.0 Å². The molecule has 1 rings (SSSR count). The van der Waals surface area contributed by atoms with Crippen molar-refractivity contribution < 1.29 is 10.2 Å². The molecule has 90 valence electrons. The zero-order valence-corrected chi connectivity index (χ0v) is 9.62. The molecule has 1 aliphatic carbocycles. The summed E-state index contributed by atoms with van der Waals surface area (Å²) < 4.78 is 0. The van der Waals surface area contributed by atoms with Gasteiger partial charge >= 0.3 is 0 Å². The fourth-order valence-electron chi connectivity index (χ4n) is 2.40. The molecule has 0 aromatic rings. The highest BCUT2D eigenvalue weighted by Crippen LogP contribution is 2.23. The van der Waals surface area contributed by atoms with Crippen LogP contribution in [0.2, 0.25) is 0 Å². The Labute approximate surface area is 92.9 Å². The summed E-state index contributed by atoms with van der Waals surface area (Å²) in [4.78, 5) is 0. The second-order valence-corrected chi connectivity index (χ2v) is 4.57. The van der Waals surface area contributed by atoms with Gasteiger partial charge in [-0.25, -0.2) is 0 Å². The highest BCUT2D eigenvalue weighted by atomic mass is 16.3. The van der Waals surface area contributed by atoms with Crippen LogP contribution in [0.1, 0.15) is 44.9 Å². The van der Waals surface area contributed by atoms with Crippen LogP contribution < -0.4 is 5.32 Å². The minimum Gasteiger partial charge on any atom is -0.396 e. The van der Waals surface area contributed by atoms with E-state index in [0.29, 0.717) is 25.2 Å². The minimum absolute atomic E-state index is 0.308. The van der Waals surface area contributed by atoms with Crippen LogP contribution in [-0.2, 0) is 0 Å². The Bertz CT molecular complexity index is 153. The third-order valence-corrected chi connectivity index (χ3v) is 3.39. The molecule has 0 amide bonds. The standard InChI is InChI=1S/C12H25NO2/c14-9-5-1-4-8-13-12-7-3-2-6-11(12)10-15/h11-15H,1-10H2. The van der Waals surface area contributed by atoms with E-state index in [-0.39, 0.29) is 0 Å². The first kappa shape index (κ1) is 12.9. The van der Waals surface area contributed by atoms with Crippen molar-refractivity contribution in [3.8, 4) is 0 Å². The zero-order valence-electron chi connectivity index (χ0n) is 9.62. The Hall–Kier alpha value is -0.120. The number of aliphatic hydroxyl groups is 2. The van der Waals surface area contributed by atoms with E-state index in [4.69, 9.17) is 5.11 Å². The lowest BCUT2D eigenvalue weighted by atomic mass is 9.85. The molecule has 1 fully saturated rings. The average Bonchev–Trinajstić information content (AvgIpc) is 2.29. The number of hydrogen-bond acceptors (Lipinski definition) is 3. The molecular formula is C12H25NO2. The second kappa shape index (κ2) is 8.08. The van der Waals surface area contributed by atoms with Crippen LogP contribution in [0.5, 0.6) is 0 Å². The van der Waals surface area contributed by atoms with Gasteiger partial charge in [0.2, 0.25) is 0 Å². The predicted octanol–water partition coefficient (Wildman–Crippen LogP) is 1.29. The second-order valence-electron chi connectivity index (χ2n) is 4.57. The molecule has 0 aliphatic heterocycles. The smallest absolute Gasteiger partial charge is 0.0474 e. The summed E-state index contributed by atoms with van der Waals surface area (Å²) in [6.45, 7) is 1.66. The third kappa shape index (κ3) is 4.96. The number of rotatable bonds is 7. The van der Waals surface area contributed by atoms with E-state index in [9.17, 15) is 5.11 Å². The Balaban J connectivity index is 2.07. The first-order chi connectivity index (χ1) is 7.38. The first-order valence-electron chi connectivity index (χ1n) is 6.33. The van der Waals surface area contributed by atoms with E-state index in [0.717, 1.165) is 25.8 Å². The first-order valence-corrected chi connectivity index (χ1v) is 6.33. The normalized spacial score (nSPS) is 26.8. The number of nitrogens with one attached hydrogen (secondary N) is 1. The monoisotopic (exact) mass is 215 g/mol. The SMILES string of the molecule is OCCCCCNC1CCCCC1CO. The summed E-state index contributed by atoms with van der Waals surface area (Å²) in [6, 6.07) is 0.526. The van der Waals surface area contributed by atoms with Gasteiger partial charge in [0.25, 0.3) is 0 Å². The van der Waals surface area contributed by atoms with Crippen LogP contribution in [0.25, 0.3) is 0 Å². The predicted molar refractivity (Wildman–Crippen MR) is 61.8 cm³/mol. The van der Waals surface area contributed by atoms with E-state index in [1.54, 1.807) is 0 Å². The molecule has 3 heteroatoms. The van der Waals surface area contributed by atoms with Crippen molar-refractivity contribution in [3.05, 3.63) is 0 Å². The molecular weight excluding hydrogens is 190 g/mol. The molecule has 0 aromatic carbocycles. The van der Waals surface area contributed by atoms with Gasteiger partial charge in [0, 0.05) is 19.3 Å². The van der Waals surface area contributed by atoms with Gasteiger partial charge < -0.3 is 15.5 Å². The molecule has 0 heterocycles. The fourth-order valence-corrected chi connectivity index (χ4v) is 2.40. The molecule has 0 bridgehead atoms. The lowest BCUT2D eigenvalue weighted by molar-refractivity contribution is 0.153. The van der Waals surface area contributed by atoms with Crippen molar-refractivity contribution in [3.63, 3.8) is 0 Å². The maximum absolute atomic E-state index is 9.23. The van der Waals surface area contributed by atoms with E-state index >= 15 is 0 Å². The van der Waals surface area contributed by atoms with Crippen LogP contribution in [0.3, 0.4) is 0 Å². The van der Waals surface area contributed by atoms with Gasteiger partial charge in [0.05, 0.1) is 0 Å². The van der Waals surface area contributed by atoms with Crippen LogP contribution >= 0.6 is 0 Å². The van der Waals surface area contributed by atoms with Crippen molar-refractivity contribution in [1.29, 1.82) is 0 Å². The number of aliphatic hydroxyl groups excluding tert-OH is 2. The Morgan fingerprint density at radius 3 is 2.53 bits per heavy atom. The van der Waals surface area contributed by atoms with E-state index < -0.39 is 0 Å². The molecule has 0 spiro atoms. The van der Waals surface area contributed by atoms with E-state index in [1.807, 2.05) is 0 Å². The van der Waals surface area contributed by atoms with Gasteiger partial charge in [0.1, 0.15) is 0 Å². The van der Waals surface area contributed by atoms with Crippen molar-refractivity contribution in [2.24, 2.45) is 5.92 Å². The summed E-state index contributed by atoms with van der Waals surface area (Å²) in [5.74, 6) is 0.469. The summed E-state index contributed by atoms with van der Waals surface area (Å²) in [5.41, 5.74) is 0. The van der Waals surface area contributed by atoms with Crippen LogP contribution in [0.4, 0.5) is 0 Å². The molecule has 1 saturated carbocycles. The number of unbranched alkanes of at least 4 members (excludes halogenated alkanes) is 2. The molecule has 3 nitrogen and oxygen atoms in total. The fraction of sp³-hybridized carbons (Fsp3) is 1.00. The molecule has 0 aromatic heterocycles. The van der Waals surface area contributed by atoms with Crippen molar-refractivity contribution in [2.75, 3.05) is 19.8 Å². The Morgan fingerprint density at radius 1 is 1.00 bits per heavy atom. The highest BCUT2D eigenvalue weighted by Gasteiger charge is 2.23. The van der Waals surface area contributed by atoms with Crippen molar-refractivity contribution in [1.82, 2.24) is 5.32 Å². The maximum Gasteiger partial charge on any atom is 0.0474 e. The van der Waals surface area contributed by atoms with E-state index in [2.05, 4.69) is 5.32 Å². The van der Waals surface area contributed by atoms with Crippen molar-refractivity contribution >= 4 is 0 Å². The number of hydrogen-bond donors (Lipinski definition) is 3. The van der Waals surface area contributed by atoms with Crippen LogP contribution in [0.15, 0.2) is 0 Å². The third-order valence-electron chi connectivity index (χ3n) is 3.39. The lowest BCUT2D eigenvalue weighted by Gasteiger charge is -2.31. The van der Waals surface area contributed by atoms with Gasteiger partial charge in [-0.2, -0.15) is 0 Å². The molecule has 0 saturated heterocycles. The molecule has 15 heavy (non-hydrogen) atoms. The molecule has 0 radical (unpaired) electrons. The summed E-state index contributed by atoms with van der Waals surface area (Å²) in [6.07, 6.45) is 8.10. The van der Waals surface area contributed by atoms with Crippen LogP contribution in [0, 0.1) is 5.92 Å². The van der Waals surface area contributed by atoms with E-state index in [1.165, 1.54) is 25.7 Å². The summed E-state index contributed by atoms with van der Waals surface area (Å²) in [5, 5.41) is 21.4. The van der Waals surface area contributed by atoms with Gasteiger partial charge in [0.15, 0.2) is 0 Å². The van der Waals surface area contributed by atoms with Crippen molar-refractivity contribution in [2.45, 2.75) is 51.0 Å². The highest BCUT2D eigenvalue weighted by molar-refractivity contribution is 4.80. The van der Waals surface area contributed by atoms with Gasteiger partial charge in [-0.15, -0.1) is 0 Å². The van der Waals surface area contributed by atoms with Gasteiger partial charge in [-0.3, -0.25) is 0 Å². The maximum atomic E-state index is 9.23. The minimum atomic E-state index is 0.308. The van der Waals surface area contributed by atoms with Gasteiger partial charge in [-0.1, -0.05) is 12.8 Å². The topological polar surface area (TPSA) is 52.5 Å². The quantitative estimate of drug-likeness (QED) is 0.561. The zero-order chi connectivity index (χ0) is 10.9.